The number of benzene rings is 1. The predicted octanol–water partition coefficient (Wildman–Crippen LogP) is 3.97. The van der Waals surface area contributed by atoms with Crippen LogP contribution in [-0.4, -0.2) is 24.2 Å². The predicted molar refractivity (Wildman–Crippen MR) is 81.9 cm³/mol. The zero-order valence-corrected chi connectivity index (χ0v) is 13.1. The molecular weight excluding hydrogens is 266 g/mol. The van der Waals surface area contributed by atoms with Crippen molar-refractivity contribution in [2.45, 2.75) is 32.9 Å². The van der Waals surface area contributed by atoms with Crippen LogP contribution in [0.3, 0.4) is 0 Å². The molecule has 4 heteroatoms. The van der Waals surface area contributed by atoms with E-state index in [-0.39, 0.29) is 5.54 Å². The Morgan fingerprint density at radius 3 is 2.67 bits per heavy atom. The third-order valence-corrected chi connectivity index (χ3v) is 3.35. The van der Waals surface area contributed by atoms with Crippen LogP contribution in [0.5, 0.6) is 5.75 Å². The monoisotopic (exact) mass is 287 g/mol. The topological polar surface area (TPSA) is 21.3 Å². The van der Waals surface area contributed by atoms with Crippen LogP contribution in [0.15, 0.2) is 18.2 Å². The Kier molecular flexibility index (Phi) is 6.33. The van der Waals surface area contributed by atoms with Crippen LogP contribution in [-0.2, 0) is 6.54 Å². The second kappa shape index (κ2) is 7.27. The van der Waals surface area contributed by atoms with Crippen molar-refractivity contribution >= 4 is 23.4 Å². The van der Waals surface area contributed by atoms with Gasteiger partial charge in [0.2, 0.25) is 0 Å². The van der Waals surface area contributed by atoms with Crippen molar-refractivity contribution in [2.75, 3.05) is 18.6 Å². The molecule has 18 heavy (non-hydrogen) atoms. The van der Waals surface area contributed by atoms with E-state index in [0.717, 1.165) is 28.6 Å². The molecule has 1 rings (SSSR count). The van der Waals surface area contributed by atoms with Crippen molar-refractivity contribution in [3.63, 3.8) is 0 Å². The van der Waals surface area contributed by atoms with Gasteiger partial charge in [0.05, 0.1) is 6.61 Å². The summed E-state index contributed by atoms with van der Waals surface area (Å²) in [7, 11) is 0. The molecule has 0 aromatic heterocycles. The molecule has 0 saturated heterocycles. The van der Waals surface area contributed by atoms with Gasteiger partial charge in [0, 0.05) is 28.4 Å². The second-order valence-corrected chi connectivity index (χ2v) is 6.55. The molecule has 0 fully saturated rings. The van der Waals surface area contributed by atoms with Gasteiger partial charge in [0.1, 0.15) is 5.75 Å². The lowest BCUT2D eigenvalue weighted by atomic mass is 10.1. The molecule has 0 aliphatic carbocycles. The molecule has 1 aromatic carbocycles. The molecule has 0 aliphatic rings. The van der Waals surface area contributed by atoms with Crippen molar-refractivity contribution in [3.05, 3.63) is 28.8 Å². The number of ether oxygens (including phenoxy) is 1. The van der Waals surface area contributed by atoms with E-state index in [2.05, 4.69) is 32.3 Å². The van der Waals surface area contributed by atoms with Gasteiger partial charge in [-0.15, -0.1) is 0 Å². The Morgan fingerprint density at radius 1 is 1.33 bits per heavy atom. The fourth-order valence-electron chi connectivity index (χ4n) is 1.43. The third kappa shape index (κ3) is 5.51. The van der Waals surface area contributed by atoms with E-state index in [1.807, 2.05) is 18.2 Å². The van der Waals surface area contributed by atoms with Crippen LogP contribution in [0.4, 0.5) is 0 Å². The third-order valence-electron chi connectivity index (χ3n) is 2.42. The van der Waals surface area contributed by atoms with Gasteiger partial charge in [-0.05, 0) is 39.2 Å². The summed E-state index contributed by atoms with van der Waals surface area (Å²) in [5.74, 6) is 1.87. The summed E-state index contributed by atoms with van der Waals surface area (Å²) in [6.45, 7) is 7.84. The summed E-state index contributed by atoms with van der Waals surface area (Å²) in [6, 6.07) is 5.81. The van der Waals surface area contributed by atoms with E-state index in [0.29, 0.717) is 6.61 Å². The van der Waals surface area contributed by atoms with Gasteiger partial charge in [-0.1, -0.05) is 17.7 Å². The van der Waals surface area contributed by atoms with Gasteiger partial charge in [0.15, 0.2) is 0 Å². The Bertz CT molecular complexity index is 377. The molecule has 0 heterocycles. The quantitative estimate of drug-likeness (QED) is 0.800. The van der Waals surface area contributed by atoms with E-state index < -0.39 is 0 Å². The molecule has 0 atom stereocenters. The molecule has 0 unspecified atom stereocenters. The maximum Gasteiger partial charge on any atom is 0.125 e. The highest BCUT2D eigenvalue weighted by Crippen LogP contribution is 2.27. The normalized spacial score (nSPS) is 11.6. The van der Waals surface area contributed by atoms with Crippen LogP contribution in [0.1, 0.15) is 26.3 Å². The minimum absolute atomic E-state index is 0.0652. The van der Waals surface area contributed by atoms with Crippen molar-refractivity contribution in [3.8, 4) is 5.75 Å². The molecule has 1 N–H and O–H groups in total. The van der Waals surface area contributed by atoms with Gasteiger partial charge in [-0.25, -0.2) is 0 Å². The molecule has 2 nitrogen and oxygen atoms in total. The summed E-state index contributed by atoms with van der Waals surface area (Å²) < 4.78 is 5.78. The first kappa shape index (κ1) is 15.7. The molecule has 0 radical (unpaired) electrons. The average molecular weight is 288 g/mol. The van der Waals surface area contributed by atoms with E-state index in [4.69, 9.17) is 16.3 Å². The Balaban J connectivity index is 2.74. The van der Waals surface area contributed by atoms with E-state index in [1.165, 1.54) is 0 Å². The zero-order valence-electron chi connectivity index (χ0n) is 11.5. The SMILES string of the molecule is CSCCOc1cccc(Cl)c1CNC(C)(C)C. The average Bonchev–Trinajstić information content (AvgIpc) is 2.27. The number of hydrogen-bond donors (Lipinski definition) is 1. The van der Waals surface area contributed by atoms with Crippen molar-refractivity contribution in [2.24, 2.45) is 0 Å². The zero-order chi connectivity index (χ0) is 13.6. The molecule has 0 saturated carbocycles. The fraction of sp³-hybridized carbons (Fsp3) is 0.571. The van der Waals surface area contributed by atoms with Crippen LogP contribution in [0.2, 0.25) is 5.02 Å². The minimum atomic E-state index is 0.0652. The number of thioether (sulfide) groups is 1. The Labute approximate surface area is 119 Å². The summed E-state index contributed by atoms with van der Waals surface area (Å²) in [5, 5.41) is 4.20. The minimum Gasteiger partial charge on any atom is -0.492 e. The Morgan fingerprint density at radius 2 is 2.06 bits per heavy atom. The second-order valence-electron chi connectivity index (χ2n) is 5.16. The summed E-state index contributed by atoms with van der Waals surface area (Å²) in [6.07, 6.45) is 2.07. The number of nitrogens with one attached hydrogen (secondary N) is 1. The maximum absolute atomic E-state index is 6.25. The highest BCUT2D eigenvalue weighted by molar-refractivity contribution is 7.98. The number of halogens is 1. The van der Waals surface area contributed by atoms with Crippen LogP contribution in [0, 0.1) is 0 Å². The molecule has 0 spiro atoms. The van der Waals surface area contributed by atoms with Gasteiger partial charge in [-0.2, -0.15) is 11.8 Å². The van der Waals surface area contributed by atoms with Gasteiger partial charge in [-0.3, -0.25) is 0 Å². The van der Waals surface area contributed by atoms with Crippen molar-refractivity contribution < 1.29 is 4.74 Å². The standard InChI is InChI=1S/C14H22ClNOS/c1-14(2,3)16-10-11-12(15)6-5-7-13(11)17-8-9-18-4/h5-7,16H,8-10H2,1-4H3. The van der Waals surface area contributed by atoms with Crippen molar-refractivity contribution in [1.82, 2.24) is 5.32 Å². The first-order valence-corrected chi connectivity index (χ1v) is 7.85. The van der Waals surface area contributed by atoms with Gasteiger partial charge >= 0.3 is 0 Å². The lowest BCUT2D eigenvalue weighted by Gasteiger charge is -2.22. The first-order chi connectivity index (χ1) is 8.44. The molecule has 102 valence electrons. The lowest BCUT2D eigenvalue weighted by Crippen LogP contribution is -2.35. The van der Waals surface area contributed by atoms with Crippen molar-refractivity contribution in [1.29, 1.82) is 0 Å². The van der Waals surface area contributed by atoms with E-state index in [9.17, 15) is 0 Å². The van der Waals surface area contributed by atoms with E-state index >= 15 is 0 Å². The first-order valence-electron chi connectivity index (χ1n) is 6.08. The molecule has 0 bridgehead atoms. The summed E-state index contributed by atoms with van der Waals surface area (Å²) in [4.78, 5) is 0. The fourth-order valence-corrected chi connectivity index (χ4v) is 1.92. The smallest absolute Gasteiger partial charge is 0.125 e. The largest absolute Gasteiger partial charge is 0.492 e. The lowest BCUT2D eigenvalue weighted by molar-refractivity contribution is 0.335. The number of rotatable bonds is 6. The highest BCUT2D eigenvalue weighted by Gasteiger charge is 2.13. The summed E-state index contributed by atoms with van der Waals surface area (Å²) in [5.41, 5.74) is 1.10. The molecule has 1 aromatic rings. The van der Waals surface area contributed by atoms with Crippen LogP contribution in [0.25, 0.3) is 0 Å². The summed E-state index contributed by atoms with van der Waals surface area (Å²) >= 11 is 8.02. The van der Waals surface area contributed by atoms with Crippen LogP contribution < -0.4 is 10.1 Å². The van der Waals surface area contributed by atoms with Gasteiger partial charge in [0.25, 0.3) is 0 Å². The Hall–Kier alpha value is -0.380. The van der Waals surface area contributed by atoms with Crippen LogP contribution >= 0.6 is 23.4 Å². The molecule has 0 amide bonds. The van der Waals surface area contributed by atoms with Gasteiger partial charge < -0.3 is 10.1 Å². The molecule has 0 aliphatic heterocycles. The van der Waals surface area contributed by atoms with E-state index in [1.54, 1.807) is 11.8 Å². The maximum atomic E-state index is 6.25. The molecular formula is C14H22ClNOS. The number of hydrogen-bond acceptors (Lipinski definition) is 3. The highest BCUT2D eigenvalue weighted by atomic mass is 35.5.